The Hall–Kier alpha value is -2.87. The van der Waals surface area contributed by atoms with Crippen molar-refractivity contribution in [1.29, 1.82) is 0 Å². The first-order valence-electron chi connectivity index (χ1n) is 12.4. The summed E-state index contributed by atoms with van der Waals surface area (Å²) in [6.07, 6.45) is 1.74. The molecular weight excluding hydrogens is 442 g/mol. The summed E-state index contributed by atoms with van der Waals surface area (Å²) in [5.74, 6) is 2.63. The second-order valence-electron chi connectivity index (χ2n) is 9.64. The van der Waals surface area contributed by atoms with Gasteiger partial charge in [-0.3, -0.25) is 4.90 Å². The minimum Gasteiger partial charge on any atom is -0.497 e. The largest absolute Gasteiger partial charge is 0.497 e. The molecule has 0 aliphatic heterocycles. The third-order valence-corrected chi connectivity index (χ3v) is 6.04. The zero-order chi connectivity index (χ0) is 24.8. The van der Waals surface area contributed by atoms with Crippen LogP contribution < -0.4 is 9.47 Å². The summed E-state index contributed by atoms with van der Waals surface area (Å²) < 4.78 is 19.3. The number of ether oxygens (including phenoxy) is 3. The monoisotopic (exact) mass is 479 g/mol. The minimum absolute atomic E-state index is 0.346. The highest BCUT2D eigenvalue weighted by Gasteiger charge is 2.32. The molecule has 1 aliphatic carbocycles. The number of rotatable bonds is 13. The fraction of sp³-hybridized carbons (Fsp3) is 0.464. The maximum absolute atomic E-state index is 10.7. The van der Waals surface area contributed by atoms with Crippen LogP contribution in [0.15, 0.2) is 54.6 Å². The van der Waals surface area contributed by atoms with E-state index in [0.717, 1.165) is 35.5 Å². The number of benzene rings is 2. The molecule has 7 nitrogen and oxygen atoms in total. The Kier molecular flexibility index (Phi) is 8.44. The Morgan fingerprint density at radius 1 is 1.03 bits per heavy atom. The number of aromatic nitrogens is 2. The van der Waals surface area contributed by atoms with Crippen LogP contribution in [-0.4, -0.2) is 58.8 Å². The van der Waals surface area contributed by atoms with Gasteiger partial charge in [-0.15, -0.1) is 0 Å². The van der Waals surface area contributed by atoms with Gasteiger partial charge in [0.05, 0.1) is 36.8 Å². The van der Waals surface area contributed by atoms with E-state index in [9.17, 15) is 5.11 Å². The predicted molar refractivity (Wildman–Crippen MR) is 136 cm³/mol. The number of hydrogen-bond donors (Lipinski definition) is 1. The summed E-state index contributed by atoms with van der Waals surface area (Å²) in [4.78, 5) is 2.34. The van der Waals surface area contributed by atoms with Crippen LogP contribution in [0.1, 0.15) is 37.9 Å². The molecule has 188 valence electrons. The zero-order valence-corrected chi connectivity index (χ0v) is 21.2. The molecule has 0 bridgehead atoms. The maximum Gasteiger partial charge on any atom is 0.227 e. The molecule has 35 heavy (non-hydrogen) atoms. The van der Waals surface area contributed by atoms with Crippen molar-refractivity contribution in [3.8, 4) is 23.1 Å². The van der Waals surface area contributed by atoms with Crippen molar-refractivity contribution in [3.05, 3.63) is 65.9 Å². The average molecular weight is 480 g/mol. The molecule has 1 aliphatic rings. The molecule has 4 rings (SSSR count). The number of nitrogens with zero attached hydrogens (tertiary/aromatic N) is 3. The molecular formula is C28H37N3O4. The highest BCUT2D eigenvalue weighted by molar-refractivity contribution is 5.44. The molecule has 1 N–H and O–H groups in total. The van der Waals surface area contributed by atoms with Gasteiger partial charge in [0.1, 0.15) is 11.5 Å². The first-order chi connectivity index (χ1) is 16.9. The lowest BCUT2D eigenvalue weighted by molar-refractivity contribution is 0.00536. The van der Waals surface area contributed by atoms with Crippen LogP contribution in [0.25, 0.3) is 5.69 Å². The first kappa shape index (κ1) is 25.2. The van der Waals surface area contributed by atoms with Crippen LogP contribution in [-0.2, 0) is 11.3 Å². The van der Waals surface area contributed by atoms with Crippen molar-refractivity contribution < 1.29 is 19.3 Å². The van der Waals surface area contributed by atoms with Gasteiger partial charge < -0.3 is 19.3 Å². The predicted octanol–water partition coefficient (Wildman–Crippen LogP) is 4.98. The molecule has 1 saturated carbocycles. The third kappa shape index (κ3) is 6.84. The van der Waals surface area contributed by atoms with Gasteiger partial charge in [-0.05, 0) is 62.1 Å². The van der Waals surface area contributed by atoms with Crippen LogP contribution >= 0.6 is 0 Å². The van der Waals surface area contributed by atoms with Crippen molar-refractivity contribution in [2.75, 3.05) is 26.9 Å². The van der Waals surface area contributed by atoms with E-state index in [1.807, 2.05) is 66.2 Å². The summed E-state index contributed by atoms with van der Waals surface area (Å²) in [6.45, 7) is 8.45. The average Bonchev–Trinajstić information content (AvgIpc) is 3.66. The van der Waals surface area contributed by atoms with Gasteiger partial charge in [-0.25, -0.2) is 4.68 Å². The Morgan fingerprint density at radius 2 is 1.71 bits per heavy atom. The second-order valence-corrected chi connectivity index (χ2v) is 9.64. The second kappa shape index (κ2) is 11.7. The van der Waals surface area contributed by atoms with E-state index in [1.165, 1.54) is 0 Å². The van der Waals surface area contributed by atoms with Crippen LogP contribution in [0.3, 0.4) is 0 Å². The number of methoxy groups -OCH3 is 1. The van der Waals surface area contributed by atoms with Gasteiger partial charge in [0, 0.05) is 25.7 Å². The van der Waals surface area contributed by atoms with Gasteiger partial charge in [0.25, 0.3) is 0 Å². The quantitative estimate of drug-likeness (QED) is 0.373. The standard InChI is InChI=1S/C28H37N3O4/c1-20(2)18-34-19-24(32)16-30(22-10-11-22)17-27-21(3)29-31(23-8-6-5-7-9-23)28(27)35-26-14-12-25(33-4)13-15-26/h5-9,12-15,20,22,24,32H,10-11,16-19H2,1-4H3. The molecule has 1 fully saturated rings. The molecule has 7 heteroatoms. The fourth-order valence-electron chi connectivity index (χ4n) is 4.07. The molecule has 3 aromatic rings. The SMILES string of the molecule is COc1ccc(Oc2c(CN(CC(O)COCC(C)C)C3CC3)c(C)nn2-c2ccccc2)cc1. The van der Waals surface area contributed by atoms with E-state index in [1.54, 1.807) is 7.11 Å². The normalized spacial score (nSPS) is 14.5. The highest BCUT2D eigenvalue weighted by Crippen LogP contribution is 2.35. The Morgan fingerprint density at radius 3 is 2.34 bits per heavy atom. The summed E-state index contributed by atoms with van der Waals surface area (Å²) in [6, 6.07) is 18.0. The molecule has 1 aromatic heterocycles. The minimum atomic E-state index is -0.537. The lowest BCUT2D eigenvalue weighted by Gasteiger charge is -2.25. The van der Waals surface area contributed by atoms with Gasteiger partial charge in [0.15, 0.2) is 0 Å². The van der Waals surface area contributed by atoms with Crippen molar-refractivity contribution in [2.45, 2.75) is 52.3 Å². The lowest BCUT2D eigenvalue weighted by Crippen LogP contribution is -2.36. The van der Waals surface area contributed by atoms with Crippen molar-refractivity contribution >= 4 is 0 Å². The molecule has 0 amide bonds. The van der Waals surface area contributed by atoms with Gasteiger partial charge in [0.2, 0.25) is 5.88 Å². The molecule has 0 radical (unpaired) electrons. The first-order valence-corrected chi connectivity index (χ1v) is 12.4. The van der Waals surface area contributed by atoms with E-state index in [-0.39, 0.29) is 0 Å². The van der Waals surface area contributed by atoms with E-state index < -0.39 is 6.10 Å². The van der Waals surface area contributed by atoms with Crippen LogP contribution in [0.2, 0.25) is 0 Å². The van der Waals surface area contributed by atoms with Crippen LogP contribution in [0.4, 0.5) is 0 Å². The summed E-state index contributed by atoms with van der Waals surface area (Å²) in [7, 11) is 1.65. The Balaban J connectivity index is 1.59. The molecule has 0 spiro atoms. The third-order valence-electron chi connectivity index (χ3n) is 6.04. The van der Waals surface area contributed by atoms with Crippen molar-refractivity contribution in [3.63, 3.8) is 0 Å². The maximum atomic E-state index is 10.7. The zero-order valence-electron chi connectivity index (χ0n) is 21.2. The number of aliphatic hydroxyl groups excluding tert-OH is 1. The van der Waals surface area contributed by atoms with Gasteiger partial charge >= 0.3 is 0 Å². The summed E-state index contributed by atoms with van der Waals surface area (Å²) in [5, 5.41) is 15.5. The van der Waals surface area contributed by atoms with E-state index in [0.29, 0.717) is 49.9 Å². The molecule has 1 unspecified atom stereocenters. The van der Waals surface area contributed by atoms with E-state index in [2.05, 4.69) is 18.7 Å². The van der Waals surface area contributed by atoms with Crippen LogP contribution in [0, 0.1) is 12.8 Å². The van der Waals surface area contributed by atoms with Crippen LogP contribution in [0.5, 0.6) is 17.4 Å². The molecule has 1 heterocycles. The highest BCUT2D eigenvalue weighted by atomic mass is 16.5. The number of aryl methyl sites for hydroxylation is 1. The van der Waals surface area contributed by atoms with Gasteiger partial charge in [-0.1, -0.05) is 32.0 Å². The smallest absolute Gasteiger partial charge is 0.227 e. The van der Waals surface area contributed by atoms with Crippen molar-refractivity contribution in [2.24, 2.45) is 5.92 Å². The molecule has 2 aromatic carbocycles. The fourth-order valence-corrected chi connectivity index (χ4v) is 4.07. The lowest BCUT2D eigenvalue weighted by atomic mass is 10.2. The van der Waals surface area contributed by atoms with Gasteiger partial charge in [-0.2, -0.15) is 5.10 Å². The topological polar surface area (TPSA) is 69.0 Å². The van der Waals surface area contributed by atoms with E-state index in [4.69, 9.17) is 19.3 Å². The molecule has 1 atom stereocenters. The van der Waals surface area contributed by atoms with Crippen molar-refractivity contribution in [1.82, 2.24) is 14.7 Å². The Labute approximate surface area is 208 Å². The summed E-state index contributed by atoms with van der Waals surface area (Å²) >= 11 is 0. The molecule has 0 saturated heterocycles. The number of aliphatic hydroxyl groups is 1. The van der Waals surface area contributed by atoms with E-state index >= 15 is 0 Å². The summed E-state index contributed by atoms with van der Waals surface area (Å²) in [5.41, 5.74) is 2.87. The Bertz CT molecular complexity index is 1060. The number of para-hydroxylation sites is 1. The number of hydrogen-bond acceptors (Lipinski definition) is 6.